The fourth-order valence-electron chi connectivity index (χ4n) is 1.82. The van der Waals surface area contributed by atoms with Crippen LogP contribution in [-0.4, -0.2) is 4.90 Å². The molecule has 1 nitrogen and oxygen atoms in total. The first kappa shape index (κ1) is 20.5. The van der Waals surface area contributed by atoms with Crippen molar-refractivity contribution in [3.8, 4) is 0 Å². The van der Waals surface area contributed by atoms with E-state index in [0.29, 0.717) is 0 Å². The molecule has 0 saturated carbocycles. The summed E-state index contributed by atoms with van der Waals surface area (Å²) in [6.45, 7) is 25.5. The van der Waals surface area contributed by atoms with E-state index in [2.05, 4.69) is 63.8 Å². The molecule has 0 aromatic rings. The van der Waals surface area contributed by atoms with Crippen molar-refractivity contribution in [1.82, 2.24) is 4.90 Å². The fraction of sp³-hybridized carbons (Fsp3) is 0.182. The first-order chi connectivity index (χ1) is 10.9. The molecule has 0 radical (unpaired) electrons. The van der Waals surface area contributed by atoms with E-state index < -0.39 is 0 Å². The van der Waals surface area contributed by atoms with Gasteiger partial charge in [-0.1, -0.05) is 70.5 Å². The second-order valence-corrected chi connectivity index (χ2v) is 5.47. The van der Waals surface area contributed by atoms with Gasteiger partial charge in [0.2, 0.25) is 0 Å². The molecule has 0 aromatic carbocycles. The predicted octanol–water partition coefficient (Wildman–Crippen LogP) is 6.47. The molecular formula is C22H29N. The third kappa shape index (κ3) is 6.39. The molecule has 23 heavy (non-hydrogen) atoms. The minimum absolute atomic E-state index is 0.0904. The van der Waals surface area contributed by atoms with E-state index >= 15 is 0 Å². The zero-order chi connectivity index (χ0) is 17.9. The number of allylic oxidation sites excluding steroid dienone is 10. The van der Waals surface area contributed by atoms with Gasteiger partial charge >= 0.3 is 0 Å². The Hall–Kier alpha value is -2.54. The first-order valence-corrected chi connectivity index (χ1v) is 7.60. The van der Waals surface area contributed by atoms with E-state index in [1.807, 2.05) is 31.2 Å². The lowest BCUT2D eigenvalue weighted by molar-refractivity contribution is 0.570. The van der Waals surface area contributed by atoms with E-state index in [9.17, 15) is 0 Å². The fourth-order valence-corrected chi connectivity index (χ4v) is 1.82. The molecule has 0 rings (SSSR count). The number of hydrogen-bond donors (Lipinski definition) is 0. The monoisotopic (exact) mass is 307 g/mol. The van der Waals surface area contributed by atoms with Gasteiger partial charge in [-0.25, -0.2) is 0 Å². The lowest BCUT2D eigenvalue weighted by Crippen LogP contribution is -2.19. The van der Waals surface area contributed by atoms with E-state index in [-0.39, 0.29) is 5.41 Å². The van der Waals surface area contributed by atoms with Gasteiger partial charge in [0, 0.05) is 22.5 Å². The van der Waals surface area contributed by atoms with Gasteiger partial charge in [0.15, 0.2) is 0 Å². The maximum absolute atomic E-state index is 3.91. The van der Waals surface area contributed by atoms with Crippen LogP contribution in [0.2, 0.25) is 0 Å². The van der Waals surface area contributed by atoms with Crippen molar-refractivity contribution in [1.29, 1.82) is 0 Å². The van der Waals surface area contributed by atoms with E-state index in [0.717, 1.165) is 17.1 Å². The molecule has 0 amide bonds. The average molecular weight is 307 g/mol. The molecule has 0 aliphatic carbocycles. The Bertz CT molecular complexity index is 547. The lowest BCUT2D eigenvalue weighted by Gasteiger charge is -2.28. The smallest absolute Gasteiger partial charge is 0.0455 e. The Kier molecular flexibility index (Phi) is 9.10. The Morgan fingerprint density at radius 3 is 1.61 bits per heavy atom. The molecule has 0 aliphatic rings. The highest BCUT2D eigenvalue weighted by atomic mass is 15.2. The molecule has 0 fully saturated rings. The maximum atomic E-state index is 3.91. The quantitative estimate of drug-likeness (QED) is 0.330. The standard InChI is InChI=1S/C22H29N/c1-9-15-19(11-3)23(20(12-4)16-10-2)21(13-5)17-18-22(7,8)14-6/h9-18H,1-4,6H2,5,7-8H3/b18-17-,19-15+,20-16+,21-13+. The molecule has 0 N–H and O–H groups in total. The number of rotatable bonds is 10. The molecule has 0 spiro atoms. The zero-order valence-corrected chi connectivity index (χ0v) is 14.8. The average Bonchev–Trinajstić information content (AvgIpc) is 2.55. The molecule has 1 heteroatoms. The van der Waals surface area contributed by atoms with Crippen LogP contribution in [0.15, 0.2) is 111 Å². The highest BCUT2D eigenvalue weighted by Gasteiger charge is 2.14. The Morgan fingerprint density at radius 1 is 0.826 bits per heavy atom. The minimum Gasteiger partial charge on any atom is -0.311 e. The van der Waals surface area contributed by atoms with Crippen molar-refractivity contribution in [3.05, 3.63) is 111 Å². The summed E-state index contributed by atoms with van der Waals surface area (Å²) in [7, 11) is 0. The largest absolute Gasteiger partial charge is 0.311 e. The highest BCUT2D eigenvalue weighted by molar-refractivity contribution is 5.39. The molecule has 0 heterocycles. The highest BCUT2D eigenvalue weighted by Crippen LogP contribution is 2.26. The molecule has 0 unspecified atom stereocenters. The predicted molar refractivity (Wildman–Crippen MR) is 106 cm³/mol. The summed E-state index contributed by atoms with van der Waals surface area (Å²) in [5.74, 6) is 0. The molecule has 0 atom stereocenters. The molecule has 0 aromatic heterocycles. The summed E-state index contributed by atoms with van der Waals surface area (Å²) in [5, 5.41) is 0. The Labute approximate surface area is 142 Å². The Balaban J connectivity index is 6.15. The van der Waals surface area contributed by atoms with Gasteiger partial charge in [0.1, 0.15) is 0 Å². The third-order valence-electron chi connectivity index (χ3n) is 3.28. The topological polar surface area (TPSA) is 3.24 Å². The van der Waals surface area contributed by atoms with Gasteiger partial charge < -0.3 is 4.90 Å². The van der Waals surface area contributed by atoms with E-state index in [1.165, 1.54) is 0 Å². The van der Waals surface area contributed by atoms with Crippen LogP contribution in [0.1, 0.15) is 20.8 Å². The van der Waals surface area contributed by atoms with Crippen LogP contribution in [0.3, 0.4) is 0 Å². The second-order valence-electron chi connectivity index (χ2n) is 5.47. The van der Waals surface area contributed by atoms with Gasteiger partial charge in [-0.05, 0) is 37.3 Å². The van der Waals surface area contributed by atoms with Gasteiger partial charge in [0.25, 0.3) is 0 Å². The van der Waals surface area contributed by atoms with Crippen molar-refractivity contribution in [2.24, 2.45) is 5.41 Å². The normalized spacial score (nSPS) is 13.6. The van der Waals surface area contributed by atoms with Crippen LogP contribution in [0.5, 0.6) is 0 Å². The van der Waals surface area contributed by atoms with Gasteiger partial charge in [-0.3, -0.25) is 0 Å². The van der Waals surface area contributed by atoms with Gasteiger partial charge in [0.05, 0.1) is 0 Å². The van der Waals surface area contributed by atoms with Crippen molar-refractivity contribution in [2.45, 2.75) is 20.8 Å². The first-order valence-electron chi connectivity index (χ1n) is 7.60. The van der Waals surface area contributed by atoms with Crippen LogP contribution >= 0.6 is 0 Å². The van der Waals surface area contributed by atoms with Crippen LogP contribution in [0, 0.1) is 5.41 Å². The minimum atomic E-state index is -0.0904. The summed E-state index contributed by atoms with van der Waals surface area (Å²) >= 11 is 0. The van der Waals surface area contributed by atoms with E-state index in [4.69, 9.17) is 0 Å². The summed E-state index contributed by atoms with van der Waals surface area (Å²) in [4.78, 5) is 2.05. The van der Waals surface area contributed by atoms with Gasteiger partial charge in [-0.2, -0.15) is 0 Å². The van der Waals surface area contributed by atoms with Gasteiger partial charge in [-0.15, -0.1) is 6.58 Å². The Morgan fingerprint density at radius 2 is 1.30 bits per heavy atom. The summed E-state index contributed by atoms with van der Waals surface area (Å²) < 4.78 is 0. The number of hydrogen-bond acceptors (Lipinski definition) is 1. The zero-order valence-electron chi connectivity index (χ0n) is 14.8. The summed E-state index contributed by atoms with van der Waals surface area (Å²) in [6.07, 6.45) is 19.0. The van der Waals surface area contributed by atoms with E-state index in [1.54, 1.807) is 24.3 Å². The molecule has 0 saturated heterocycles. The second kappa shape index (κ2) is 10.2. The summed E-state index contributed by atoms with van der Waals surface area (Å²) in [5.41, 5.74) is 2.72. The van der Waals surface area contributed by atoms with Crippen molar-refractivity contribution in [3.63, 3.8) is 0 Å². The van der Waals surface area contributed by atoms with Crippen molar-refractivity contribution in [2.75, 3.05) is 0 Å². The molecule has 0 bridgehead atoms. The molecule has 0 aliphatic heterocycles. The van der Waals surface area contributed by atoms with Crippen LogP contribution < -0.4 is 0 Å². The van der Waals surface area contributed by atoms with Crippen molar-refractivity contribution >= 4 is 0 Å². The number of nitrogens with zero attached hydrogens (tertiary/aromatic N) is 1. The van der Waals surface area contributed by atoms with Crippen LogP contribution in [0.4, 0.5) is 0 Å². The molecular weight excluding hydrogens is 278 g/mol. The summed E-state index contributed by atoms with van der Waals surface area (Å²) in [6, 6.07) is 0. The van der Waals surface area contributed by atoms with Crippen LogP contribution in [-0.2, 0) is 0 Å². The van der Waals surface area contributed by atoms with Crippen LogP contribution in [0.25, 0.3) is 0 Å². The van der Waals surface area contributed by atoms with Crippen molar-refractivity contribution < 1.29 is 0 Å². The molecule has 122 valence electrons. The third-order valence-corrected chi connectivity index (χ3v) is 3.28. The lowest BCUT2D eigenvalue weighted by atomic mass is 9.93. The SMILES string of the molecule is C=C/C=C(\C=C)N(/C(C=C)=C/C=C)C(/C=C\C(C)(C)C=C)=C/C. The maximum Gasteiger partial charge on any atom is 0.0455 e.